The summed E-state index contributed by atoms with van der Waals surface area (Å²) in [5.74, 6) is 0.589. The number of likely N-dealkylation sites (tertiary alicyclic amines) is 1. The summed E-state index contributed by atoms with van der Waals surface area (Å²) in [5.41, 5.74) is 6.81. The Bertz CT molecular complexity index is 363. The van der Waals surface area contributed by atoms with Crippen molar-refractivity contribution in [3.8, 4) is 6.07 Å². The highest BCUT2D eigenvalue weighted by Crippen LogP contribution is 2.19. The van der Waals surface area contributed by atoms with Gasteiger partial charge in [0.15, 0.2) is 0 Å². The van der Waals surface area contributed by atoms with Crippen LogP contribution in [0.2, 0.25) is 0 Å². The molecule has 3 nitrogen and oxygen atoms in total. The van der Waals surface area contributed by atoms with Crippen LogP contribution in [0.1, 0.15) is 5.56 Å². The molecule has 0 radical (unpaired) electrons. The van der Waals surface area contributed by atoms with E-state index in [-0.39, 0.29) is 6.04 Å². The maximum atomic E-state index is 9.16. The second-order valence-electron chi connectivity index (χ2n) is 4.39. The van der Waals surface area contributed by atoms with Crippen molar-refractivity contribution in [1.82, 2.24) is 4.90 Å². The largest absolute Gasteiger partial charge is 0.330 e. The number of benzene rings is 1. The standard InChI is InChI=1S/C13H17N3/c14-7-12-9-16(10-12)13(8-15)6-11-4-2-1-3-5-11/h1-5,12-13H,6-7,9-10,14H2. The average Bonchev–Trinajstić information content (AvgIpc) is 2.27. The molecular weight excluding hydrogens is 198 g/mol. The van der Waals surface area contributed by atoms with E-state index in [0.717, 1.165) is 26.1 Å². The Kier molecular flexibility index (Phi) is 3.55. The SMILES string of the molecule is N#CC(Cc1ccccc1)N1CC(CN)C1. The Balaban J connectivity index is 1.91. The van der Waals surface area contributed by atoms with Crippen LogP contribution >= 0.6 is 0 Å². The molecule has 0 aromatic heterocycles. The highest BCUT2D eigenvalue weighted by atomic mass is 15.2. The number of hydrogen-bond donors (Lipinski definition) is 1. The maximum absolute atomic E-state index is 9.16. The van der Waals surface area contributed by atoms with E-state index >= 15 is 0 Å². The highest BCUT2D eigenvalue weighted by Gasteiger charge is 2.31. The average molecular weight is 215 g/mol. The van der Waals surface area contributed by atoms with Gasteiger partial charge in [-0.2, -0.15) is 5.26 Å². The lowest BCUT2D eigenvalue weighted by atomic mass is 9.95. The van der Waals surface area contributed by atoms with Crippen LogP contribution in [0.5, 0.6) is 0 Å². The third-order valence-corrected chi connectivity index (χ3v) is 3.18. The second kappa shape index (κ2) is 5.11. The third-order valence-electron chi connectivity index (χ3n) is 3.18. The van der Waals surface area contributed by atoms with Crippen molar-refractivity contribution in [3.63, 3.8) is 0 Å². The fourth-order valence-corrected chi connectivity index (χ4v) is 2.11. The molecule has 0 saturated carbocycles. The Hall–Kier alpha value is -1.37. The lowest BCUT2D eigenvalue weighted by Gasteiger charge is -2.41. The molecule has 1 fully saturated rings. The van der Waals surface area contributed by atoms with E-state index in [9.17, 15) is 0 Å². The number of nitrogens with zero attached hydrogens (tertiary/aromatic N) is 2. The quantitative estimate of drug-likeness (QED) is 0.815. The van der Waals surface area contributed by atoms with E-state index in [1.807, 2.05) is 18.2 Å². The summed E-state index contributed by atoms with van der Waals surface area (Å²) < 4.78 is 0. The summed E-state index contributed by atoms with van der Waals surface area (Å²) in [7, 11) is 0. The second-order valence-corrected chi connectivity index (χ2v) is 4.39. The van der Waals surface area contributed by atoms with E-state index in [2.05, 4.69) is 23.1 Å². The molecule has 0 bridgehead atoms. The van der Waals surface area contributed by atoms with Gasteiger partial charge in [0.25, 0.3) is 0 Å². The fourth-order valence-electron chi connectivity index (χ4n) is 2.11. The van der Waals surface area contributed by atoms with E-state index in [0.29, 0.717) is 5.92 Å². The molecule has 16 heavy (non-hydrogen) atoms. The lowest BCUT2D eigenvalue weighted by molar-refractivity contribution is 0.0800. The first-order valence-corrected chi connectivity index (χ1v) is 5.71. The summed E-state index contributed by atoms with van der Waals surface area (Å²) in [6, 6.07) is 12.6. The van der Waals surface area contributed by atoms with Gasteiger partial charge in [-0.05, 0) is 18.0 Å². The van der Waals surface area contributed by atoms with Crippen LogP contribution in [0, 0.1) is 17.2 Å². The first-order valence-electron chi connectivity index (χ1n) is 5.71. The molecule has 1 heterocycles. The molecule has 1 saturated heterocycles. The third kappa shape index (κ3) is 2.41. The zero-order chi connectivity index (χ0) is 11.4. The number of rotatable bonds is 4. The molecule has 0 amide bonds. The number of hydrogen-bond acceptors (Lipinski definition) is 3. The normalized spacial score (nSPS) is 18.8. The van der Waals surface area contributed by atoms with Crippen molar-refractivity contribution in [1.29, 1.82) is 5.26 Å². The molecule has 1 aliphatic heterocycles. The van der Waals surface area contributed by atoms with Crippen molar-refractivity contribution >= 4 is 0 Å². The molecule has 2 N–H and O–H groups in total. The van der Waals surface area contributed by atoms with Crippen molar-refractivity contribution in [2.45, 2.75) is 12.5 Å². The summed E-state index contributed by atoms with van der Waals surface area (Å²) in [5, 5.41) is 9.16. The molecule has 1 aliphatic rings. The van der Waals surface area contributed by atoms with Crippen LogP contribution in [0.3, 0.4) is 0 Å². The van der Waals surface area contributed by atoms with Crippen molar-refractivity contribution < 1.29 is 0 Å². The van der Waals surface area contributed by atoms with Gasteiger partial charge in [0.1, 0.15) is 6.04 Å². The molecule has 0 spiro atoms. The van der Waals surface area contributed by atoms with Crippen LogP contribution in [-0.2, 0) is 6.42 Å². The van der Waals surface area contributed by atoms with Gasteiger partial charge in [0, 0.05) is 19.5 Å². The van der Waals surface area contributed by atoms with Crippen LogP contribution in [0.4, 0.5) is 0 Å². The zero-order valence-corrected chi connectivity index (χ0v) is 9.34. The van der Waals surface area contributed by atoms with Crippen molar-refractivity contribution in [2.75, 3.05) is 19.6 Å². The van der Waals surface area contributed by atoms with Crippen LogP contribution < -0.4 is 5.73 Å². The minimum atomic E-state index is 0.00481. The predicted octanol–water partition coefficient (Wildman–Crippen LogP) is 1.01. The van der Waals surface area contributed by atoms with Crippen molar-refractivity contribution in [3.05, 3.63) is 35.9 Å². The van der Waals surface area contributed by atoms with Crippen molar-refractivity contribution in [2.24, 2.45) is 11.7 Å². The lowest BCUT2D eigenvalue weighted by Crippen LogP contribution is -2.54. The van der Waals surface area contributed by atoms with E-state index in [1.54, 1.807) is 0 Å². The minimum absolute atomic E-state index is 0.00481. The highest BCUT2D eigenvalue weighted by molar-refractivity contribution is 5.18. The Labute approximate surface area is 96.5 Å². The van der Waals surface area contributed by atoms with Gasteiger partial charge >= 0.3 is 0 Å². The van der Waals surface area contributed by atoms with E-state index in [1.165, 1.54) is 5.56 Å². The minimum Gasteiger partial charge on any atom is -0.330 e. The summed E-state index contributed by atoms with van der Waals surface area (Å²) in [6.07, 6.45) is 0.814. The number of nitrogens with two attached hydrogens (primary N) is 1. The van der Waals surface area contributed by atoms with Crippen LogP contribution in [0.15, 0.2) is 30.3 Å². The smallest absolute Gasteiger partial charge is 0.102 e. The molecule has 3 heteroatoms. The summed E-state index contributed by atoms with van der Waals surface area (Å²) in [6.45, 7) is 2.68. The van der Waals surface area contributed by atoms with Gasteiger partial charge in [-0.15, -0.1) is 0 Å². The van der Waals surface area contributed by atoms with Gasteiger partial charge in [0.2, 0.25) is 0 Å². The fraction of sp³-hybridized carbons (Fsp3) is 0.462. The monoisotopic (exact) mass is 215 g/mol. The van der Waals surface area contributed by atoms with E-state index in [4.69, 9.17) is 11.0 Å². The van der Waals surface area contributed by atoms with Crippen LogP contribution in [-0.4, -0.2) is 30.6 Å². The van der Waals surface area contributed by atoms with Gasteiger partial charge in [-0.1, -0.05) is 30.3 Å². The van der Waals surface area contributed by atoms with Gasteiger partial charge < -0.3 is 5.73 Å². The van der Waals surface area contributed by atoms with E-state index < -0.39 is 0 Å². The number of nitriles is 1. The zero-order valence-electron chi connectivity index (χ0n) is 9.34. The predicted molar refractivity (Wildman–Crippen MR) is 63.7 cm³/mol. The van der Waals surface area contributed by atoms with Gasteiger partial charge in [0.05, 0.1) is 6.07 Å². The maximum Gasteiger partial charge on any atom is 0.102 e. The molecule has 84 valence electrons. The van der Waals surface area contributed by atoms with Gasteiger partial charge in [-0.25, -0.2) is 0 Å². The molecule has 2 rings (SSSR count). The Morgan fingerprint density at radius 2 is 2.06 bits per heavy atom. The first kappa shape index (κ1) is 11.1. The Morgan fingerprint density at radius 1 is 1.38 bits per heavy atom. The molecule has 1 aromatic rings. The van der Waals surface area contributed by atoms with Crippen LogP contribution in [0.25, 0.3) is 0 Å². The molecule has 1 unspecified atom stereocenters. The Morgan fingerprint density at radius 3 is 2.62 bits per heavy atom. The topological polar surface area (TPSA) is 53.0 Å². The molecular formula is C13H17N3. The summed E-state index contributed by atoms with van der Waals surface area (Å²) in [4.78, 5) is 2.21. The molecule has 1 aromatic carbocycles. The molecule has 0 aliphatic carbocycles. The molecule has 1 atom stereocenters. The first-order chi connectivity index (χ1) is 7.83. The summed E-state index contributed by atoms with van der Waals surface area (Å²) >= 11 is 0. The van der Waals surface area contributed by atoms with Gasteiger partial charge in [-0.3, -0.25) is 4.90 Å².